The Morgan fingerprint density at radius 2 is 1.81 bits per heavy atom. The average Bonchev–Trinajstić information content (AvgIpc) is 2.45. The van der Waals surface area contributed by atoms with Crippen molar-refractivity contribution in [1.82, 2.24) is 5.32 Å². The van der Waals surface area contributed by atoms with Gasteiger partial charge in [0.1, 0.15) is 11.6 Å². The third kappa shape index (κ3) is 3.82. The molecule has 1 N–H and O–H groups in total. The molecule has 0 amide bonds. The van der Waals surface area contributed by atoms with Crippen LogP contribution in [-0.2, 0) is 0 Å². The first kappa shape index (κ1) is 16.4. The highest BCUT2D eigenvalue weighted by atomic mass is 19.1. The molecule has 0 aromatic heterocycles. The van der Waals surface area contributed by atoms with Crippen molar-refractivity contribution in [1.29, 1.82) is 0 Å². The minimum absolute atomic E-state index is 0.207. The van der Waals surface area contributed by atoms with Crippen LogP contribution in [0.4, 0.5) is 8.78 Å². The van der Waals surface area contributed by atoms with Crippen LogP contribution in [0, 0.1) is 29.4 Å². The maximum absolute atomic E-state index is 14.2. The lowest BCUT2D eigenvalue weighted by Crippen LogP contribution is -2.34. The molecular weight excluding hydrogens is 268 g/mol. The van der Waals surface area contributed by atoms with Gasteiger partial charge in [-0.2, -0.15) is 0 Å². The molecule has 0 saturated heterocycles. The number of halogens is 2. The first-order valence-corrected chi connectivity index (χ1v) is 8.21. The molecule has 1 aliphatic carbocycles. The summed E-state index contributed by atoms with van der Waals surface area (Å²) in [7, 11) is 0. The lowest BCUT2D eigenvalue weighted by atomic mass is 9.72. The summed E-state index contributed by atoms with van der Waals surface area (Å²) in [5.41, 5.74) is 0.234. The predicted molar refractivity (Wildman–Crippen MR) is 83.1 cm³/mol. The molecule has 3 heteroatoms. The standard InChI is InChI=1S/C18H27F2N/c1-4-10-21-18(14-9-8-12(2)13(3)11-14)17-15(19)6-5-7-16(17)20/h5-7,12-14,18,21H,4,8-11H2,1-3H3. The molecule has 21 heavy (non-hydrogen) atoms. The van der Waals surface area contributed by atoms with Crippen molar-refractivity contribution in [3.05, 3.63) is 35.4 Å². The van der Waals surface area contributed by atoms with Gasteiger partial charge in [0.05, 0.1) is 0 Å². The molecule has 4 unspecified atom stereocenters. The minimum Gasteiger partial charge on any atom is -0.310 e. The fraction of sp³-hybridized carbons (Fsp3) is 0.667. The average molecular weight is 295 g/mol. The Labute approximate surface area is 127 Å². The van der Waals surface area contributed by atoms with Gasteiger partial charge in [0.2, 0.25) is 0 Å². The second-order valence-corrected chi connectivity index (χ2v) is 6.59. The summed E-state index contributed by atoms with van der Waals surface area (Å²) in [5, 5.41) is 3.39. The number of nitrogens with one attached hydrogen (secondary N) is 1. The van der Waals surface area contributed by atoms with Gasteiger partial charge in [0, 0.05) is 11.6 Å². The zero-order chi connectivity index (χ0) is 15.4. The van der Waals surface area contributed by atoms with Crippen LogP contribution in [-0.4, -0.2) is 6.54 Å². The van der Waals surface area contributed by atoms with Gasteiger partial charge >= 0.3 is 0 Å². The zero-order valence-corrected chi connectivity index (χ0v) is 13.3. The van der Waals surface area contributed by atoms with Crippen molar-refractivity contribution in [3.63, 3.8) is 0 Å². The van der Waals surface area contributed by atoms with Crippen LogP contribution in [0.15, 0.2) is 18.2 Å². The number of benzene rings is 1. The van der Waals surface area contributed by atoms with Crippen LogP contribution in [0.5, 0.6) is 0 Å². The van der Waals surface area contributed by atoms with E-state index < -0.39 is 11.6 Å². The highest BCUT2D eigenvalue weighted by molar-refractivity contribution is 5.24. The molecule has 2 rings (SSSR count). The van der Waals surface area contributed by atoms with E-state index in [9.17, 15) is 8.78 Å². The van der Waals surface area contributed by atoms with E-state index in [1.54, 1.807) is 0 Å². The Kier molecular flexibility index (Phi) is 5.74. The lowest BCUT2D eigenvalue weighted by Gasteiger charge is -2.37. The largest absolute Gasteiger partial charge is 0.310 e. The SMILES string of the molecule is CCCNC(c1c(F)cccc1F)C1CCC(C)C(C)C1. The van der Waals surface area contributed by atoms with Crippen LogP contribution < -0.4 is 5.32 Å². The molecule has 1 saturated carbocycles. The van der Waals surface area contributed by atoms with E-state index in [2.05, 4.69) is 26.1 Å². The molecule has 4 atom stereocenters. The van der Waals surface area contributed by atoms with Crippen molar-refractivity contribution in [2.24, 2.45) is 17.8 Å². The van der Waals surface area contributed by atoms with Gasteiger partial charge in [0.25, 0.3) is 0 Å². The predicted octanol–water partition coefficient (Wildman–Crippen LogP) is 5.08. The van der Waals surface area contributed by atoms with Crippen LogP contribution in [0.1, 0.15) is 58.1 Å². The Morgan fingerprint density at radius 3 is 2.38 bits per heavy atom. The van der Waals surface area contributed by atoms with E-state index in [0.29, 0.717) is 17.8 Å². The van der Waals surface area contributed by atoms with Crippen LogP contribution in [0.2, 0.25) is 0 Å². The molecule has 0 bridgehead atoms. The van der Waals surface area contributed by atoms with Gasteiger partial charge in [-0.05, 0) is 55.7 Å². The minimum atomic E-state index is -0.421. The molecule has 1 aromatic carbocycles. The summed E-state index contributed by atoms with van der Waals surface area (Å²) in [6.07, 6.45) is 4.19. The van der Waals surface area contributed by atoms with Crippen molar-refractivity contribution >= 4 is 0 Å². The van der Waals surface area contributed by atoms with E-state index in [4.69, 9.17) is 0 Å². The maximum atomic E-state index is 14.2. The number of rotatable bonds is 5. The van der Waals surface area contributed by atoms with Crippen molar-refractivity contribution < 1.29 is 8.78 Å². The topological polar surface area (TPSA) is 12.0 Å². The van der Waals surface area contributed by atoms with Crippen LogP contribution in [0.25, 0.3) is 0 Å². The fourth-order valence-electron chi connectivity index (χ4n) is 3.50. The second kappa shape index (κ2) is 7.35. The summed E-state index contributed by atoms with van der Waals surface area (Å²) < 4.78 is 28.4. The summed E-state index contributed by atoms with van der Waals surface area (Å²) in [6, 6.07) is 3.97. The van der Waals surface area contributed by atoms with Crippen LogP contribution in [0.3, 0.4) is 0 Å². The summed E-state index contributed by atoms with van der Waals surface area (Å²) >= 11 is 0. The number of hydrogen-bond donors (Lipinski definition) is 1. The Hall–Kier alpha value is -0.960. The van der Waals surface area contributed by atoms with Gasteiger partial charge in [0.15, 0.2) is 0 Å². The van der Waals surface area contributed by atoms with Crippen LogP contribution >= 0.6 is 0 Å². The highest BCUT2D eigenvalue weighted by Crippen LogP contribution is 2.41. The summed E-state index contributed by atoms with van der Waals surface area (Å²) in [5.74, 6) is 0.793. The molecule has 1 aromatic rings. The third-order valence-corrected chi connectivity index (χ3v) is 5.04. The third-order valence-electron chi connectivity index (χ3n) is 5.04. The molecule has 0 aliphatic heterocycles. The fourth-order valence-corrected chi connectivity index (χ4v) is 3.50. The smallest absolute Gasteiger partial charge is 0.130 e. The van der Waals surface area contributed by atoms with Gasteiger partial charge in [-0.3, -0.25) is 0 Å². The molecular formula is C18H27F2N. The summed E-state index contributed by atoms with van der Waals surface area (Å²) in [4.78, 5) is 0. The maximum Gasteiger partial charge on any atom is 0.130 e. The second-order valence-electron chi connectivity index (χ2n) is 6.59. The molecule has 1 nitrogen and oxygen atoms in total. The lowest BCUT2D eigenvalue weighted by molar-refractivity contribution is 0.167. The van der Waals surface area contributed by atoms with Crippen molar-refractivity contribution in [2.45, 2.75) is 52.5 Å². The van der Waals surface area contributed by atoms with Gasteiger partial charge in [-0.15, -0.1) is 0 Å². The van der Waals surface area contributed by atoms with Crippen molar-refractivity contribution in [3.8, 4) is 0 Å². The highest BCUT2D eigenvalue weighted by Gasteiger charge is 2.33. The van der Waals surface area contributed by atoms with E-state index in [1.165, 1.54) is 18.2 Å². The first-order chi connectivity index (χ1) is 10.0. The number of hydrogen-bond acceptors (Lipinski definition) is 1. The Morgan fingerprint density at radius 1 is 1.14 bits per heavy atom. The Balaban J connectivity index is 2.26. The van der Waals surface area contributed by atoms with Gasteiger partial charge in [-0.25, -0.2) is 8.78 Å². The van der Waals surface area contributed by atoms with E-state index >= 15 is 0 Å². The van der Waals surface area contributed by atoms with Crippen molar-refractivity contribution in [2.75, 3.05) is 6.54 Å². The van der Waals surface area contributed by atoms with Gasteiger partial charge < -0.3 is 5.32 Å². The molecule has 1 aliphatic rings. The molecule has 0 heterocycles. The Bertz CT molecular complexity index is 440. The van der Waals surface area contributed by atoms with E-state index in [1.807, 2.05) is 0 Å². The van der Waals surface area contributed by atoms with Gasteiger partial charge in [-0.1, -0.05) is 33.3 Å². The molecule has 1 fully saturated rings. The quantitative estimate of drug-likeness (QED) is 0.799. The monoisotopic (exact) mass is 295 g/mol. The molecule has 118 valence electrons. The summed E-state index contributed by atoms with van der Waals surface area (Å²) in [6.45, 7) is 7.40. The molecule has 0 spiro atoms. The normalized spacial score (nSPS) is 27.6. The molecule has 0 radical (unpaired) electrons. The van der Waals surface area contributed by atoms with E-state index in [-0.39, 0.29) is 11.6 Å². The van der Waals surface area contributed by atoms with E-state index in [0.717, 1.165) is 32.2 Å². The zero-order valence-electron chi connectivity index (χ0n) is 13.3. The first-order valence-electron chi connectivity index (χ1n) is 8.21.